The Balaban J connectivity index is 2.96. The molecule has 0 spiro atoms. The van der Waals surface area contributed by atoms with E-state index in [2.05, 4.69) is 4.74 Å². The fraction of sp³-hybridized carbons (Fsp3) is 0.333. The molecular formula is C9H9F4NO3S. The number of rotatable bonds is 4. The molecule has 102 valence electrons. The summed E-state index contributed by atoms with van der Waals surface area (Å²) < 4.78 is 77.6. The van der Waals surface area contributed by atoms with Gasteiger partial charge in [0.25, 0.3) is 0 Å². The number of methoxy groups -OCH3 is 1. The van der Waals surface area contributed by atoms with E-state index < -0.39 is 33.5 Å². The average Bonchev–Trinajstić information content (AvgIpc) is 2.25. The van der Waals surface area contributed by atoms with Crippen LogP contribution in [0.2, 0.25) is 0 Å². The molecule has 9 heteroatoms. The third-order valence-corrected chi connectivity index (χ3v) is 3.30. The van der Waals surface area contributed by atoms with E-state index in [4.69, 9.17) is 0 Å². The monoisotopic (exact) mass is 287 g/mol. The fourth-order valence-corrected chi connectivity index (χ4v) is 2.10. The van der Waals surface area contributed by atoms with Crippen LogP contribution in [0.15, 0.2) is 23.1 Å². The Morgan fingerprint density at radius 2 is 1.94 bits per heavy atom. The predicted octanol–water partition coefficient (Wildman–Crippen LogP) is 1.67. The number of hydrogen-bond acceptors (Lipinski definition) is 3. The minimum absolute atomic E-state index is 0.204. The van der Waals surface area contributed by atoms with Crippen molar-refractivity contribution in [3.63, 3.8) is 0 Å². The molecule has 0 aromatic heterocycles. The molecule has 1 rings (SSSR count). The largest absolute Gasteiger partial charge is 0.494 e. The van der Waals surface area contributed by atoms with Crippen molar-refractivity contribution in [2.24, 2.45) is 0 Å². The molecule has 0 aliphatic heterocycles. The quantitative estimate of drug-likeness (QED) is 0.857. The van der Waals surface area contributed by atoms with Gasteiger partial charge in [0.1, 0.15) is 6.54 Å². The van der Waals surface area contributed by atoms with Crippen LogP contribution in [0.1, 0.15) is 0 Å². The standard InChI is InChI=1S/C9H9F4NO3S/c1-17-8-3-2-6(4-7(8)10)18(15,16)14-5-9(11,12)13/h2-4,14H,5H2,1H3. The van der Waals surface area contributed by atoms with Crippen LogP contribution in [0.5, 0.6) is 5.75 Å². The van der Waals surface area contributed by atoms with E-state index in [0.717, 1.165) is 12.1 Å². The molecule has 0 unspecified atom stereocenters. The normalized spacial score (nSPS) is 12.5. The Hall–Kier alpha value is -1.35. The van der Waals surface area contributed by atoms with E-state index in [1.807, 2.05) is 0 Å². The Bertz CT molecular complexity index is 527. The first-order chi connectivity index (χ1) is 8.15. The maximum absolute atomic E-state index is 13.2. The van der Waals surface area contributed by atoms with Crippen molar-refractivity contribution in [3.05, 3.63) is 24.0 Å². The van der Waals surface area contributed by atoms with E-state index in [9.17, 15) is 26.0 Å². The summed E-state index contributed by atoms with van der Waals surface area (Å²) in [7, 11) is -3.23. The van der Waals surface area contributed by atoms with Crippen molar-refractivity contribution < 1.29 is 30.7 Å². The summed E-state index contributed by atoms with van der Waals surface area (Å²) in [5.74, 6) is -1.18. The summed E-state index contributed by atoms with van der Waals surface area (Å²) >= 11 is 0. The molecule has 4 nitrogen and oxygen atoms in total. The zero-order valence-electron chi connectivity index (χ0n) is 9.08. The smallest absolute Gasteiger partial charge is 0.402 e. The van der Waals surface area contributed by atoms with Gasteiger partial charge in [-0.05, 0) is 18.2 Å². The lowest BCUT2D eigenvalue weighted by Gasteiger charge is -2.10. The van der Waals surface area contributed by atoms with Gasteiger partial charge in [0.05, 0.1) is 12.0 Å². The maximum Gasteiger partial charge on any atom is 0.402 e. The minimum atomic E-state index is -4.68. The highest BCUT2D eigenvalue weighted by atomic mass is 32.2. The summed E-state index contributed by atoms with van der Waals surface area (Å²) in [5.41, 5.74) is 0. The molecule has 1 aromatic rings. The van der Waals surface area contributed by atoms with Gasteiger partial charge in [0.2, 0.25) is 10.0 Å². The molecule has 0 saturated carbocycles. The van der Waals surface area contributed by atoms with Gasteiger partial charge in [-0.2, -0.15) is 13.2 Å². The minimum Gasteiger partial charge on any atom is -0.494 e. The predicted molar refractivity (Wildman–Crippen MR) is 54.2 cm³/mol. The lowest BCUT2D eigenvalue weighted by Crippen LogP contribution is -2.33. The number of halogens is 4. The van der Waals surface area contributed by atoms with Crippen molar-refractivity contribution >= 4 is 10.0 Å². The molecule has 0 bridgehead atoms. The molecule has 18 heavy (non-hydrogen) atoms. The fourth-order valence-electron chi connectivity index (χ4n) is 1.07. The summed E-state index contributed by atoms with van der Waals surface area (Å²) in [6, 6.07) is 2.54. The molecule has 0 aliphatic carbocycles. The number of nitrogens with one attached hydrogen (secondary N) is 1. The van der Waals surface area contributed by atoms with Gasteiger partial charge in [0.15, 0.2) is 11.6 Å². The highest BCUT2D eigenvalue weighted by molar-refractivity contribution is 7.89. The summed E-state index contributed by atoms with van der Waals surface area (Å²) in [6.07, 6.45) is -4.68. The van der Waals surface area contributed by atoms with Crippen molar-refractivity contribution in [3.8, 4) is 5.75 Å². The first-order valence-corrected chi connectivity index (χ1v) is 6.04. The van der Waals surface area contributed by atoms with Gasteiger partial charge in [-0.3, -0.25) is 0 Å². The summed E-state index contributed by atoms with van der Waals surface area (Å²) in [6.45, 7) is -1.72. The second kappa shape index (κ2) is 5.11. The van der Waals surface area contributed by atoms with Gasteiger partial charge in [-0.1, -0.05) is 0 Å². The number of alkyl halides is 3. The highest BCUT2D eigenvalue weighted by Crippen LogP contribution is 2.21. The summed E-state index contributed by atoms with van der Waals surface area (Å²) in [4.78, 5) is -0.606. The van der Waals surface area contributed by atoms with Crippen LogP contribution in [0, 0.1) is 5.82 Å². The second-order valence-electron chi connectivity index (χ2n) is 3.24. The van der Waals surface area contributed by atoms with Crippen LogP contribution in [0.4, 0.5) is 17.6 Å². The van der Waals surface area contributed by atoms with E-state index >= 15 is 0 Å². The highest BCUT2D eigenvalue weighted by Gasteiger charge is 2.30. The molecule has 0 aliphatic rings. The summed E-state index contributed by atoms with van der Waals surface area (Å²) in [5, 5.41) is 0. The topological polar surface area (TPSA) is 55.4 Å². The number of ether oxygens (including phenoxy) is 1. The Morgan fingerprint density at radius 1 is 1.33 bits per heavy atom. The first-order valence-electron chi connectivity index (χ1n) is 4.56. The molecule has 1 N–H and O–H groups in total. The van der Waals surface area contributed by atoms with E-state index in [0.29, 0.717) is 6.07 Å². The van der Waals surface area contributed by atoms with Crippen LogP contribution in [0.25, 0.3) is 0 Å². The SMILES string of the molecule is COc1ccc(S(=O)(=O)NCC(F)(F)F)cc1F. The average molecular weight is 287 g/mol. The van der Waals surface area contributed by atoms with Crippen molar-refractivity contribution in [2.45, 2.75) is 11.1 Å². The zero-order chi connectivity index (χ0) is 14.0. The van der Waals surface area contributed by atoms with Gasteiger partial charge in [-0.25, -0.2) is 17.5 Å². The Labute approximate surface area is 101 Å². The number of benzene rings is 1. The van der Waals surface area contributed by atoms with E-state index in [-0.39, 0.29) is 5.75 Å². The Morgan fingerprint density at radius 3 is 2.39 bits per heavy atom. The molecule has 0 atom stereocenters. The molecule has 0 heterocycles. The third kappa shape index (κ3) is 3.84. The molecule has 0 amide bonds. The van der Waals surface area contributed by atoms with Gasteiger partial charge in [-0.15, -0.1) is 0 Å². The van der Waals surface area contributed by atoms with Gasteiger partial charge >= 0.3 is 6.18 Å². The first kappa shape index (κ1) is 14.7. The zero-order valence-corrected chi connectivity index (χ0v) is 9.90. The molecule has 0 saturated heterocycles. The lowest BCUT2D eigenvalue weighted by molar-refractivity contribution is -0.121. The molecule has 0 fully saturated rings. The second-order valence-corrected chi connectivity index (χ2v) is 5.00. The number of sulfonamides is 1. The van der Waals surface area contributed by atoms with E-state index in [1.165, 1.54) is 11.8 Å². The van der Waals surface area contributed by atoms with Crippen LogP contribution in [-0.2, 0) is 10.0 Å². The number of hydrogen-bond donors (Lipinski definition) is 1. The van der Waals surface area contributed by atoms with Gasteiger partial charge < -0.3 is 4.74 Å². The van der Waals surface area contributed by atoms with Crippen molar-refractivity contribution in [2.75, 3.05) is 13.7 Å². The molecule has 1 aromatic carbocycles. The lowest BCUT2D eigenvalue weighted by atomic mass is 10.3. The van der Waals surface area contributed by atoms with Crippen LogP contribution < -0.4 is 9.46 Å². The van der Waals surface area contributed by atoms with Crippen molar-refractivity contribution in [1.29, 1.82) is 0 Å². The van der Waals surface area contributed by atoms with Crippen LogP contribution in [0.3, 0.4) is 0 Å². The van der Waals surface area contributed by atoms with Gasteiger partial charge in [0, 0.05) is 0 Å². The van der Waals surface area contributed by atoms with Crippen LogP contribution in [-0.4, -0.2) is 28.2 Å². The van der Waals surface area contributed by atoms with Crippen molar-refractivity contribution in [1.82, 2.24) is 4.72 Å². The Kier molecular flexibility index (Phi) is 4.17. The van der Waals surface area contributed by atoms with E-state index in [1.54, 1.807) is 0 Å². The molecule has 0 radical (unpaired) electrons. The third-order valence-electron chi connectivity index (χ3n) is 1.90. The maximum atomic E-state index is 13.2. The van der Waals surface area contributed by atoms with Crippen LogP contribution >= 0.6 is 0 Å². The molecular weight excluding hydrogens is 278 g/mol.